The fourth-order valence-electron chi connectivity index (χ4n) is 1.07. The van der Waals surface area contributed by atoms with E-state index in [9.17, 15) is 4.57 Å². The van der Waals surface area contributed by atoms with E-state index in [0.717, 1.165) is 38.5 Å². The topological polar surface area (TPSA) is 44.8 Å². The predicted octanol–water partition coefficient (Wildman–Crippen LogP) is 4.54. The molecule has 0 saturated carbocycles. The first kappa shape index (κ1) is 20.9. The van der Waals surface area contributed by atoms with Crippen LogP contribution in [0.25, 0.3) is 0 Å². The van der Waals surface area contributed by atoms with E-state index >= 15 is 0 Å². The molecule has 18 heavy (non-hydrogen) atoms. The molecule has 0 unspecified atom stereocenters. The largest absolute Gasteiger partial charge is 3.00 e. The quantitative estimate of drug-likeness (QED) is 0.300. The van der Waals surface area contributed by atoms with Crippen molar-refractivity contribution in [2.24, 2.45) is 0 Å². The first-order valence-electron chi connectivity index (χ1n) is 6.72. The zero-order valence-electron chi connectivity index (χ0n) is 11.8. The SMILES string of the molecule is CCCCOP(=O)(OCCCC)OCCCC.[Fe+3]. The molecule has 0 amide bonds. The summed E-state index contributed by atoms with van der Waals surface area (Å²) in [6.07, 6.45) is 5.63. The molecular weight excluding hydrogens is 295 g/mol. The Morgan fingerprint density at radius 1 is 0.722 bits per heavy atom. The summed E-state index contributed by atoms with van der Waals surface area (Å²) in [5.74, 6) is 0. The summed E-state index contributed by atoms with van der Waals surface area (Å²) < 4.78 is 28.0. The zero-order chi connectivity index (χ0) is 13.0. The van der Waals surface area contributed by atoms with Gasteiger partial charge < -0.3 is 0 Å². The molecule has 0 N–H and O–H groups in total. The first-order chi connectivity index (χ1) is 8.18. The van der Waals surface area contributed by atoms with Gasteiger partial charge in [-0.15, -0.1) is 0 Å². The van der Waals surface area contributed by atoms with Gasteiger partial charge in [-0.25, -0.2) is 4.57 Å². The van der Waals surface area contributed by atoms with Crippen molar-refractivity contribution in [1.29, 1.82) is 0 Å². The average Bonchev–Trinajstić information content (AvgIpc) is 2.30. The van der Waals surface area contributed by atoms with Gasteiger partial charge in [0.2, 0.25) is 0 Å². The van der Waals surface area contributed by atoms with Gasteiger partial charge in [-0.3, -0.25) is 13.6 Å². The van der Waals surface area contributed by atoms with Gasteiger partial charge in [-0.1, -0.05) is 40.0 Å². The minimum atomic E-state index is -3.31. The van der Waals surface area contributed by atoms with Crippen LogP contribution in [-0.2, 0) is 35.2 Å². The van der Waals surface area contributed by atoms with Gasteiger partial charge in [0.05, 0.1) is 19.8 Å². The van der Waals surface area contributed by atoms with Crippen molar-refractivity contribution in [3.63, 3.8) is 0 Å². The second-order valence-corrected chi connectivity index (χ2v) is 5.68. The van der Waals surface area contributed by atoms with Gasteiger partial charge >= 0.3 is 24.9 Å². The molecule has 1 radical (unpaired) electrons. The number of phosphoric ester groups is 1. The molecule has 0 aromatic carbocycles. The van der Waals surface area contributed by atoms with E-state index in [0.29, 0.717) is 19.8 Å². The number of phosphoric acid groups is 1. The summed E-state index contributed by atoms with van der Waals surface area (Å²) in [6, 6.07) is 0. The minimum absolute atomic E-state index is 0. The number of unbranched alkanes of at least 4 members (excludes halogenated alkanes) is 3. The van der Waals surface area contributed by atoms with Crippen molar-refractivity contribution in [2.45, 2.75) is 59.3 Å². The van der Waals surface area contributed by atoms with Crippen molar-refractivity contribution in [2.75, 3.05) is 19.8 Å². The Hall–Kier alpha value is 0.629. The second-order valence-electron chi connectivity index (χ2n) is 4.01. The molecule has 0 aromatic rings. The van der Waals surface area contributed by atoms with Crippen LogP contribution < -0.4 is 0 Å². The van der Waals surface area contributed by atoms with Crippen LogP contribution >= 0.6 is 7.82 Å². The third-order valence-corrected chi connectivity index (χ3v) is 3.74. The van der Waals surface area contributed by atoms with Gasteiger partial charge in [0.15, 0.2) is 0 Å². The van der Waals surface area contributed by atoms with E-state index in [1.54, 1.807) is 0 Å². The van der Waals surface area contributed by atoms with Crippen LogP contribution in [0.5, 0.6) is 0 Å². The molecule has 0 aromatic heterocycles. The molecule has 0 aliphatic rings. The third-order valence-electron chi connectivity index (χ3n) is 2.24. The Bertz CT molecular complexity index is 181. The molecule has 0 bridgehead atoms. The smallest absolute Gasteiger partial charge is 0.287 e. The van der Waals surface area contributed by atoms with Crippen LogP contribution in [0.4, 0.5) is 0 Å². The molecule has 6 heteroatoms. The first-order valence-corrected chi connectivity index (χ1v) is 8.18. The van der Waals surface area contributed by atoms with Gasteiger partial charge in [-0.05, 0) is 19.3 Å². The summed E-state index contributed by atoms with van der Waals surface area (Å²) in [5, 5.41) is 0. The normalized spacial score (nSPS) is 11.3. The Morgan fingerprint density at radius 3 is 1.22 bits per heavy atom. The van der Waals surface area contributed by atoms with Crippen LogP contribution in [-0.4, -0.2) is 19.8 Å². The number of rotatable bonds is 12. The van der Waals surface area contributed by atoms with Crippen molar-refractivity contribution in [3.8, 4) is 0 Å². The van der Waals surface area contributed by atoms with Gasteiger partial charge in [-0.2, -0.15) is 0 Å². The van der Waals surface area contributed by atoms with Crippen molar-refractivity contribution >= 4 is 7.82 Å². The Labute approximate surface area is 122 Å². The molecule has 0 aliphatic heterocycles. The minimum Gasteiger partial charge on any atom is -0.287 e. The molecular formula is C12H27FeO4P+3. The fourth-order valence-corrected chi connectivity index (χ4v) is 2.36. The number of hydrogen-bond acceptors (Lipinski definition) is 4. The van der Waals surface area contributed by atoms with E-state index in [2.05, 4.69) is 20.8 Å². The molecule has 4 nitrogen and oxygen atoms in total. The second kappa shape index (κ2) is 14.0. The Kier molecular flexibility index (Phi) is 16.3. The summed E-state index contributed by atoms with van der Waals surface area (Å²) in [6.45, 7) is 7.49. The Balaban J connectivity index is 0. The van der Waals surface area contributed by atoms with Gasteiger partial charge in [0.25, 0.3) is 0 Å². The van der Waals surface area contributed by atoms with Gasteiger partial charge in [0, 0.05) is 0 Å². The van der Waals surface area contributed by atoms with Crippen LogP contribution in [0.2, 0.25) is 0 Å². The van der Waals surface area contributed by atoms with Gasteiger partial charge in [0.1, 0.15) is 0 Å². The molecule has 0 aliphatic carbocycles. The van der Waals surface area contributed by atoms with E-state index < -0.39 is 7.82 Å². The average molecular weight is 322 g/mol. The van der Waals surface area contributed by atoms with Crippen molar-refractivity contribution < 1.29 is 35.2 Å². The molecule has 109 valence electrons. The maximum Gasteiger partial charge on any atom is 3.00 e. The fraction of sp³-hybridized carbons (Fsp3) is 1.00. The van der Waals surface area contributed by atoms with Crippen molar-refractivity contribution in [3.05, 3.63) is 0 Å². The molecule has 0 saturated heterocycles. The van der Waals surface area contributed by atoms with Crippen LogP contribution in [0.3, 0.4) is 0 Å². The summed E-state index contributed by atoms with van der Waals surface area (Å²) in [4.78, 5) is 0. The zero-order valence-corrected chi connectivity index (χ0v) is 13.8. The van der Waals surface area contributed by atoms with Crippen LogP contribution in [0.15, 0.2) is 0 Å². The van der Waals surface area contributed by atoms with E-state index in [1.807, 2.05) is 0 Å². The molecule has 0 rings (SSSR count). The summed E-state index contributed by atoms with van der Waals surface area (Å²) in [5.41, 5.74) is 0. The molecule has 0 heterocycles. The third kappa shape index (κ3) is 11.7. The maximum absolute atomic E-state index is 12.2. The molecule has 0 fully saturated rings. The van der Waals surface area contributed by atoms with E-state index in [-0.39, 0.29) is 17.1 Å². The monoisotopic (exact) mass is 322 g/mol. The maximum atomic E-state index is 12.2. The summed E-state index contributed by atoms with van der Waals surface area (Å²) in [7, 11) is -3.31. The van der Waals surface area contributed by atoms with Crippen molar-refractivity contribution in [1.82, 2.24) is 0 Å². The Morgan fingerprint density at radius 2 is 1.00 bits per heavy atom. The number of hydrogen-bond donors (Lipinski definition) is 0. The molecule has 0 atom stereocenters. The van der Waals surface area contributed by atoms with E-state index in [4.69, 9.17) is 13.6 Å². The van der Waals surface area contributed by atoms with Crippen LogP contribution in [0, 0.1) is 0 Å². The van der Waals surface area contributed by atoms with Crippen LogP contribution in [0.1, 0.15) is 59.3 Å². The standard InChI is InChI=1S/C12H27O4P.Fe/c1-4-7-10-14-17(13,15-11-8-5-2)16-12-9-6-3;/h4-12H2,1-3H3;/q;+3. The van der Waals surface area contributed by atoms with E-state index in [1.165, 1.54) is 0 Å². The summed E-state index contributed by atoms with van der Waals surface area (Å²) >= 11 is 0. The molecule has 0 spiro atoms. The predicted molar refractivity (Wildman–Crippen MR) is 70.2 cm³/mol.